The first-order valence-corrected chi connectivity index (χ1v) is 9.29. The van der Waals surface area contributed by atoms with Gasteiger partial charge < -0.3 is 5.32 Å². The van der Waals surface area contributed by atoms with Gasteiger partial charge in [0, 0.05) is 15.8 Å². The average Bonchev–Trinajstić information content (AvgIpc) is 3.11. The Hall–Kier alpha value is -2.02. The summed E-state index contributed by atoms with van der Waals surface area (Å²) < 4.78 is 1.58. The number of carbonyl (C=O) groups is 1. The third-order valence-electron chi connectivity index (χ3n) is 3.31. The fourth-order valence-electron chi connectivity index (χ4n) is 2.17. The molecule has 25 heavy (non-hydrogen) atoms. The van der Waals surface area contributed by atoms with Gasteiger partial charge >= 0.3 is 0 Å². The van der Waals surface area contributed by atoms with E-state index in [0.29, 0.717) is 27.2 Å². The number of thioether (sulfide) groups is 1. The Bertz CT molecular complexity index is 854. The highest BCUT2D eigenvalue weighted by Gasteiger charge is 2.10. The number of nitrogens with one attached hydrogen (secondary N) is 1. The molecule has 1 aromatic heterocycles. The van der Waals surface area contributed by atoms with Crippen LogP contribution >= 0.6 is 35.0 Å². The van der Waals surface area contributed by atoms with Crippen LogP contribution in [-0.2, 0) is 10.5 Å². The molecule has 0 bridgehead atoms. The van der Waals surface area contributed by atoms with Crippen LogP contribution < -0.4 is 5.32 Å². The fraction of sp³-hybridized carbons (Fsp3) is 0.118. The second-order valence-corrected chi connectivity index (χ2v) is 7.03. The lowest BCUT2D eigenvalue weighted by atomic mass is 10.2. The van der Waals surface area contributed by atoms with E-state index in [4.69, 9.17) is 23.2 Å². The van der Waals surface area contributed by atoms with Gasteiger partial charge in [0.15, 0.2) is 0 Å². The van der Waals surface area contributed by atoms with E-state index in [1.54, 1.807) is 29.2 Å². The van der Waals surface area contributed by atoms with Crippen LogP contribution in [0.3, 0.4) is 0 Å². The van der Waals surface area contributed by atoms with Crippen molar-refractivity contribution in [2.75, 3.05) is 11.1 Å². The summed E-state index contributed by atoms with van der Waals surface area (Å²) in [6.07, 6.45) is 3.00. The first-order chi connectivity index (χ1) is 12.1. The van der Waals surface area contributed by atoms with E-state index >= 15 is 0 Å². The van der Waals surface area contributed by atoms with Crippen molar-refractivity contribution in [3.63, 3.8) is 0 Å². The lowest BCUT2D eigenvalue weighted by molar-refractivity contribution is -0.113. The molecule has 1 heterocycles. The van der Waals surface area contributed by atoms with Crippen molar-refractivity contribution in [2.24, 2.45) is 0 Å². The molecule has 8 heteroatoms. The molecule has 5 nitrogen and oxygen atoms in total. The number of nitrogens with zero attached hydrogens (tertiary/aromatic N) is 3. The molecule has 1 N–H and O–H groups in total. The molecule has 0 spiro atoms. The Balaban J connectivity index is 1.61. The predicted octanol–water partition coefficient (Wildman–Crippen LogP) is 4.45. The number of anilines is 1. The first kappa shape index (κ1) is 17.8. The van der Waals surface area contributed by atoms with Gasteiger partial charge in [-0.25, -0.2) is 9.67 Å². The molecule has 0 saturated carbocycles. The highest BCUT2D eigenvalue weighted by atomic mass is 35.5. The van der Waals surface area contributed by atoms with Crippen molar-refractivity contribution in [2.45, 2.75) is 5.75 Å². The van der Waals surface area contributed by atoms with Crippen LogP contribution in [0.15, 0.2) is 55.1 Å². The van der Waals surface area contributed by atoms with Crippen molar-refractivity contribution in [3.8, 4) is 5.69 Å². The summed E-state index contributed by atoms with van der Waals surface area (Å²) in [6.45, 7) is 0. The van der Waals surface area contributed by atoms with Crippen LogP contribution in [0.5, 0.6) is 0 Å². The van der Waals surface area contributed by atoms with Crippen molar-refractivity contribution < 1.29 is 4.79 Å². The number of hydrogen-bond donors (Lipinski definition) is 1. The zero-order chi connectivity index (χ0) is 17.6. The summed E-state index contributed by atoms with van der Waals surface area (Å²) in [5.41, 5.74) is 2.42. The summed E-state index contributed by atoms with van der Waals surface area (Å²) in [5, 5.41) is 8.21. The Morgan fingerprint density at radius 3 is 2.60 bits per heavy atom. The molecule has 0 aliphatic rings. The molecule has 0 aliphatic carbocycles. The standard InChI is InChI=1S/C17H14Cl2N4OS/c18-13-3-1-12(2-4-13)8-25-9-17(24)22-15-7-14(19)5-6-16(15)23-11-20-10-21-23/h1-7,10-11H,8-9H2,(H,22,24). The molecule has 0 radical (unpaired) electrons. The molecule has 0 saturated heterocycles. The van der Waals surface area contributed by atoms with Crippen LogP contribution in [0.2, 0.25) is 10.0 Å². The van der Waals surface area contributed by atoms with E-state index in [1.165, 1.54) is 18.1 Å². The minimum absolute atomic E-state index is 0.109. The summed E-state index contributed by atoms with van der Waals surface area (Å²) in [7, 11) is 0. The zero-order valence-electron chi connectivity index (χ0n) is 13.0. The number of hydrogen-bond acceptors (Lipinski definition) is 4. The SMILES string of the molecule is O=C(CSCc1ccc(Cl)cc1)Nc1cc(Cl)ccc1-n1cncn1. The molecule has 1 amide bonds. The number of aromatic nitrogens is 3. The van der Waals surface area contributed by atoms with Gasteiger partial charge in [-0.05, 0) is 35.9 Å². The molecule has 2 aromatic carbocycles. The molecule has 3 aromatic rings. The lowest BCUT2D eigenvalue weighted by Gasteiger charge is -2.11. The van der Waals surface area contributed by atoms with Gasteiger partial charge in [-0.2, -0.15) is 5.10 Å². The van der Waals surface area contributed by atoms with E-state index < -0.39 is 0 Å². The Morgan fingerprint density at radius 1 is 1.12 bits per heavy atom. The highest BCUT2D eigenvalue weighted by Crippen LogP contribution is 2.24. The summed E-state index contributed by atoms with van der Waals surface area (Å²) in [4.78, 5) is 16.2. The number of benzene rings is 2. The van der Waals surface area contributed by atoms with Crippen LogP contribution in [0.1, 0.15) is 5.56 Å². The minimum atomic E-state index is -0.109. The smallest absolute Gasteiger partial charge is 0.234 e. The molecular weight excluding hydrogens is 379 g/mol. The molecule has 0 aliphatic heterocycles. The number of amides is 1. The third kappa shape index (κ3) is 4.98. The highest BCUT2D eigenvalue weighted by molar-refractivity contribution is 7.99. The molecule has 128 valence electrons. The maximum Gasteiger partial charge on any atom is 0.234 e. The Kier molecular flexibility index (Phi) is 5.96. The maximum atomic E-state index is 12.2. The van der Waals surface area contributed by atoms with Gasteiger partial charge in [0.2, 0.25) is 5.91 Å². The van der Waals surface area contributed by atoms with E-state index in [9.17, 15) is 4.79 Å². The second kappa shape index (κ2) is 8.38. The van der Waals surface area contributed by atoms with E-state index in [0.717, 1.165) is 11.3 Å². The van der Waals surface area contributed by atoms with Crippen LogP contribution in [0, 0.1) is 0 Å². The molecule has 0 unspecified atom stereocenters. The minimum Gasteiger partial charge on any atom is -0.323 e. The van der Waals surface area contributed by atoms with Gasteiger partial charge in [0.05, 0.1) is 17.1 Å². The van der Waals surface area contributed by atoms with E-state index in [-0.39, 0.29) is 5.91 Å². The molecule has 0 fully saturated rings. The van der Waals surface area contributed by atoms with Gasteiger partial charge in [-0.3, -0.25) is 4.79 Å². The fourth-order valence-corrected chi connectivity index (χ4v) is 3.26. The van der Waals surface area contributed by atoms with E-state index in [1.807, 2.05) is 24.3 Å². The Morgan fingerprint density at radius 2 is 1.88 bits per heavy atom. The summed E-state index contributed by atoms with van der Waals surface area (Å²) >= 11 is 13.4. The topological polar surface area (TPSA) is 59.8 Å². The second-order valence-electron chi connectivity index (χ2n) is 5.17. The van der Waals surface area contributed by atoms with Crippen LogP contribution in [0.25, 0.3) is 5.69 Å². The lowest BCUT2D eigenvalue weighted by Crippen LogP contribution is -2.16. The average molecular weight is 393 g/mol. The van der Waals surface area contributed by atoms with Gasteiger partial charge in [-0.15, -0.1) is 11.8 Å². The molecule has 3 rings (SSSR count). The van der Waals surface area contributed by atoms with Gasteiger partial charge in [0.1, 0.15) is 12.7 Å². The molecule has 0 atom stereocenters. The monoisotopic (exact) mass is 392 g/mol. The summed E-state index contributed by atoms with van der Waals surface area (Å²) in [5.74, 6) is 0.949. The van der Waals surface area contributed by atoms with Crippen molar-refractivity contribution in [3.05, 3.63) is 70.7 Å². The predicted molar refractivity (Wildman–Crippen MR) is 103 cm³/mol. The number of rotatable bonds is 6. The number of carbonyl (C=O) groups excluding carboxylic acids is 1. The van der Waals surface area contributed by atoms with Crippen molar-refractivity contribution in [1.29, 1.82) is 0 Å². The van der Waals surface area contributed by atoms with E-state index in [2.05, 4.69) is 15.4 Å². The zero-order valence-corrected chi connectivity index (χ0v) is 15.4. The number of halogens is 2. The Labute approximate surface area is 159 Å². The first-order valence-electron chi connectivity index (χ1n) is 7.38. The van der Waals surface area contributed by atoms with Crippen LogP contribution in [0.4, 0.5) is 5.69 Å². The normalized spacial score (nSPS) is 10.6. The van der Waals surface area contributed by atoms with Crippen molar-refractivity contribution in [1.82, 2.24) is 14.8 Å². The van der Waals surface area contributed by atoms with Crippen LogP contribution in [-0.4, -0.2) is 26.4 Å². The maximum absolute atomic E-state index is 12.2. The molecular formula is C17H14Cl2N4OS. The van der Waals surface area contributed by atoms with Crippen molar-refractivity contribution >= 4 is 46.6 Å². The quantitative estimate of drug-likeness (QED) is 0.673. The largest absolute Gasteiger partial charge is 0.323 e. The van der Waals surface area contributed by atoms with Gasteiger partial charge in [-0.1, -0.05) is 35.3 Å². The summed E-state index contributed by atoms with van der Waals surface area (Å²) in [6, 6.07) is 12.8. The van der Waals surface area contributed by atoms with Gasteiger partial charge in [0.25, 0.3) is 0 Å². The third-order valence-corrected chi connectivity index (χ3v) is 4.80.